The molecule has 1 aromatic carbocycles. The van der Waals surface area contributed by atoms with Crippen LogP contribution < -0.4 is 0 Å². The van der Waals surface area contributed by atoms with E-state index in [1.165, 1.54) is 0 Å². The fourth-order valence-corrected chi connectivity index (χ4v) is 2.24. The minimum atomic E-state index is -1.77. The molecule has 0 amide bonds. The highest BCUT2D eigenvalue weighted by Crippen LogP contribution is 2.33. The average Bonchev–Trinajstić information content (AvgIpc) is 2.47. The Morgan fingerprint density at radius 3 is 2.53 bits per heavy atom. The Labute approximate surface area is 111 Å². The normalized spacial score (nSPS) is 47.3. The van der Waals surface area contributed by atoms with E-state index in [1.54, 1.807) is 30.3 Å². The summed E-state index contributed by atoms with van der Waals surface area (Å²) in [6.45, 7) is -0.0239. The Morgan fingerprint density at radius 1 is 1.05 bits per heavy atom. The van der Waals surface area contributed by atoms with Crippen LogP contribution >= 0.6 is 0 Å². The van der Waals surface area contributed by atoms with Gasteiger partial charge in [-0.15, -0.1) is 0 Å². The molecule has 1 unspecified atom stereocenters. The second kappa shape index (κ2) is 5.16. The smallest absolute Gasteiger partial charge is 0.184 e. The van der Waals surface area contributed by atoms with Crippen LogP contribution in [-0.2, 0) is 14.2 Å². The topological polar surface area (TPSA) is 88.4 Å². The molecule has 2 heterocycles. The Bertz CT molecular complexity index is 469. The third-order valence-electron chi connectivity index (χ3n) is 3.29. The third kappa shape index (κ3) is 2.38. The van der Waals surface area contributed by atoms with Gasteiger partial charge in [0.1, 0.15) is 24.4 Å². The van der Waals surface area contributed by atoms with Gasteiger partial charge in [-0.2, -0.15) is 0 Å². The molecule has 104 valence electrons. The maximum Gasteiger partial charge on any atom is 0.184 e. The van der Waals surface area contributed by atoms with Gasteiger partial charge in [0.05, 0.1) is 7.98 Å². The van der Waals surface area contributed by atoms with Gasteiger partial charge in [0.25, 0.3) is 0 Å². The van der Waals surface area contributed by atoms with Gasteiger partial charge in [0, 0.05) is 5.56 Å². The number of fused-ring (bicyclic) bond motifs is 1. The van der Waals surface area contributed by atoms with Gasteiger partial charge >= 0.3 is 0 Å². The van der Waals surface area contributed by atoms with Crippen molar-refractivity contribution in [3.8, 4) is 0 Å². The first-order valence-electron chi connectivity index (χ1n) is 6.58. The van der Waals surface area contributed by atoms with Crippen LogP contribution in [0.1, 0.15) is 13.2 Å². The molecule has 0 spiro atoms. The third-order valence-corrected chi connectivity index (χ3v) is 3.29. The number of hydrogen-bond donors (Lipinski definition) is 3. The highest BCUT2D eigenvalue weighted by atomic mass is 16.7. The molecule has 0 aliphatic carbocycles. The summed E-state index contributed by atoms with van der Waals surface area (Å²) in [4.78, 5) is 0. The lowest BCUT2D eigenvalue weighted by Gasteiger charge is -2.45. The molecule has 2 fully saturated rings. The van der Waals surface area contributed by atoms with Crippen molar-refractivity contribution in [3.05, 3.63) is 35.9 Å². The lowest BCUT2D eigenvalue weighted by atomic mass is 9.98. The van der Waals surface area contributed by atoms with Crippen molar-refractivity contribution >= 4 is 0 Å². The molecular weight excluding hydrogens is 252 g/mol. The molecule has 6 atom stereocenters. The van der Waals surface area contributed by atoms with Crippen molar-refractivity contribution in [2.24, 2.45) is 0 Å². The molecule has 0 bridgehead atoms. The first-order valence-corrected chi connectivity index (χ1v) is 6.08. The van der Waals surface area contributed by atoms with Crippen molar-refractivity contribution in [1.29, 1.82) is 0 Å². The SMILES string of the molecule is [2H]C1(c2ccccc2)OC[C@H]2O[C@@H](O)[C@H](O)[C@@H](O)[C@@H]2O1. The van der Waals surface area contributed by atoms with Gasteiger partial charge in [-0.05, 0) is 0 Å². The van der Waals surface area contributed by atoms with Crippen LogP contribution in [0.2, 0.25) is 0 Å². The summed E-state index contributed by atoms with van der Waals surface area (Å²) in [5.41, 5.74) is 0.478. The van der Waals surface area contributed by atoms with Gasteiger partial charge in [-0.1, -0.05) is 30.3 Å². The van der Waals surface area contributed by atoms with Crippen molar-refractivity contribution < 1.29 is 30.9 Å². The van der Waals surface area contributed by atoms with Crippen LogP contribution in [0, 0.1) is 0 Å². The van der Waals surface area contributed by atoms with Crippen LogP contribution in [0.15, 0.2) is 30.3 Å². The summed E-state index contributed by atoms with van der Waals surface area (Å²) in [5.74, 6) is 0. The molecule has 2 aliphatic heterocycles. The molecule has 1 aromatic rings. The molecule has 6 heteroatoms. The molecule has 19 heavy (non-hydrogen) atoms. The lowest BCUT2D eigenvalue weighted by Crippen LogP contribution is -2.61. The highest BCUT2D eigenvalue weighted by molar-refractivity contribution is 5.16. The number of benzene rings is 1. The minimum Gasteiger partial charge on any atom is -0.387 e. The molecule has 2 saturated heterocycles. The summed E-state index contributed by atoms with van der Waals surface area (Å²) in [6.07, 6.45) is -7.76. The van der Waals surface area contributed by atoms with Gasteiger partial charge in [-0.3, -0.25) is 0 Å². The van der Waals surface area contributed by atoms with E-state index in [1.807, 2.05) is 0 Å². The number of aliphatic hydroxyl groups excluding tert-OH is 3. The van der Waals surface area contributed by atoms with Crippen molar-refractivity contribution in [1.82, 2.24) is 0 Å². The van der Waals surface area contributed by atoms with Crippen LogP contribution in [0.5, 0.6) is 0 Å². The van der Waals surface area contributed by atoms with Crippen molar-refractivity contribution in [2.75, 3.05) is 6.61 Å². The maximum absolute atomic E-state index is 9.97. The van der Waals surface area contributed by atoms with Gasteiger partial charge in [0.15, 0.2) is 12.6 Å². The molecular formula is C13H16O6. The molecule has 2 aliphatic rings. The average molecular weight is 269 g/mol. The fourth-order valence-electron chi connectivity index (χ4n) is 2.24. The van der Waals surface area contributed by atoms with Gasteiger partial charge < -0.3 is 29.5 Å². The van der Waals surface area contributed by atoms with E-state index in [-0.39, 0.29) is 6.61 Å². The zero-order valence-corrected chi connectivity index (χ0v) is 10.0. The predicted molar refractivity (Wildman–Crippen MR) is 62.9 cm³/mol. The number of aliphatic hydroxyl groups is 3. The van der Waals surface area contributed by atoms with E-state index in [2.05, 4.69) is 0 Å². The van der Waals surface area contributed by atoms with Crippen LogP contribution in [0.4, 0.5) is 0 Å². The summed E-state index contributed by atoms with van der Waals surface area (Å²) in [5, 5.41) is 29.0. The molecule has 6 nitrogen and oxygen atoms in total. The quantitative estimate of drug-likeness (QED) is 0.639. The molecule has 0 saturated carbocycles. The van der Waals surface area contributed by atoms with Gasteiger partial charge in [-0.25, -0.2) is 0 Å². The number of rotatable bonds is 1. The summed E-state index contributed by atoms with van der Waals surface area (Å²) < 4.78 is 24.2. The number of ether oxygens (including phenoxy) is 3. The predicted octanol–water partition coefficient (Wildman–Crippen LogP) is -0.460. The Morgan fingerprint density at radius 2 is 1.79 bits per heavy atom. The largest absolute Gasteiger partial charge is 0.387 e. The van der Waals surface area contributed by atoms with E-state index in [4.69, 9.17) is 15.6 Å². The zero-order chi connectivity index (χ0) is 14.3. The van der Waals surface area contributed by atoms with Crippen LogP contribution in [0.3, 0.4) is 0 Å². The Kier molecular flexibility index (Phi) is 3.20. The van der Waals surface area contributed by atoms with Crippen LogP contribution in [-0.4, -0.2) is 52.6 Å². The molecule has 3 rings (SSSR count). The highest BCUT2D eigenvalue weighted by Gasteiger charge is 2.48. The van der Waals surface area contributed by atoms with E-state index < -0.39 is 37.0 Å². The van der Waals surface area contributed by atoms with Crippen molar-refractivity contribution in [3.63, 3.8) is 0 Å². The van der Waals surface area contributed by atoms with E-state index in [0.717, 1.165) is 0 Å². The summed E-state index contributed by atoms with van der Waals surface area (Å²) in [7, 11) is 0. The van der Waals surface area contributed by atoms with E-state index in [9.17, 15) is 15.3 Å². The second-order valence-corrected chi connectivity index (χ2v) is 4.59. The Hall–Kier alpha value is -1.02. The standard InChI is InChI=1S/C13H16O6/c14-9-10(15)12(16)18-8-6-17-13(19-11(8)9)7-4-2-1-3-5-7/h1-5,8-16H,6H2/t8-,9-,10-,11-,12-,13?/m1/s1/i13D. The monoisotopic (exact) mass is 269 g/mol. The summed E-state index contributed by atoms with van der Waals surface area (Å²) >= 11 is 0. The Balaban J connectivity index is 1.84. The number of hydrogen-bond acceptors (Lipinski definition) is 6. The molecule has 3 N–H and O–H groups in total. The zero-order valence-electron chi connectivity index (χ0n) is 11.0. The summed E-state index contributed by atoms with van der Waals surface area (Å²) in [6, 6.07) is 8.65. The first kappa shape index (κ1) is 11.8. The molecule has 0 aromatic heterocycles. The van der Waals surface area contributed by atoms with Crippen molar-refractivity contribution in [2.45, 2.75) is 37.0 Å². The lowest BCUT2D eigenvalue weighted by molar-refractivity contribution is -0.354. The van der Waals surface area contributed by atoms with E-state index in [0.29, 0.717) is 5.56 Å². The fraction of sp³-hybridized carbons (Fsp3) is 0.538. The first-order chi connectivity index (χ1) is 9.51. The second-order valence-electron chi connectivity index (χ2n) is 4.59. The maximum atomic E-state index is 9.97. The van der Waals surface area contributed by atoms with E-state index >= 15 is 0 Å². The van der Waals surface area contributed by atoms with Gasteiger partial charge in [0.2, 0.25) is 0 Å². The molecule has 0 radical (unpaired) electrons. The van der Waals surface area contributed by atoms with Crippen LogP contribution in [0.25, 0.3) is 0 Å². The minimum absolute atomic E-state index is 0.0239.